The molecular formula is C16H18Cl2N2. The second kappa shape index (κ2) is 6.38. The normalized spacial score (nSPS) is 10.6. The highest BCUT2D eigenvalue weighted by Crippen LogP contribution is 2.30. The summed E-state index contributed by atoms with van der Waals surface area (Å²) in [5.41, 5.74) is 9.69. The molecule has 0 saturated carbocycles. The summed E-state index contributed by atoms with van der Waals surface area (Å²) in [7, 11) is 0. The smallest absolute Gasteiger partial charge is 0.0693 e. The number of hydrogen-bond donors (Lipinski definition) is 1. The number of halogens is 2. The van der Waals surface area contributed by atoms with E-state index < -0.39 is 0 Å². The minimum absolute atomic E-state index is 0.440. The Bertz CT molecular complexity index is 571. The average Bonchev–Trinajstić information content (AvgIpc) is 2.43. The van der Waals surface area contributed by atoms with Crippen LogP contribution in [0.5, 0.6) is 0 Å². The van der Waals surface area contributed by atoms with Gasteiger partial charge >= 0.3 is 0 Å². The predicted octanol–water partition coefficient (Wildman–Crippen LogP) is 4.91. The molecule has 0 aliphatic heterocycles. The maximum absolute atomic E-state index is 6.08. The van der Waals surface area contributed by atoms with Crippen LogP contribution >= 0.6 is 23.2 Å². The number of aryl methyl sites for hydroxylation is 1. The predicted molar refractivity (Wildman–Crippen MR) is 88.8 cm³/mol. The molecule has 0 radical (unpaired) electrons. The van der Waals surface area contributed by atoms with E-state index in [1.807, 2.05) is 12.1 Å². The minimum atomic E-state index is 0.440. The number of anilines is 2. The van der Waals surface area contributed by atoms with Crippen LogP contribution in [0.25, 0.3) is 0 Å². The number of benzene rings is 2. The molecule has 2 nitrogen and oxygen atoms in total. The second-order valence-electron chi connectivity index (χ2n) is 4.82. The summed E-state index contributed by atoms with van der Waals surface area (Å²) in [6.07, 6.45) is 0. The molecule has 0 bridgehead atoms. The fraction of sp³-hybridized carbons (Fsp3) is 0.250. The van der Waals surface area contributed by atoms with Crippen molar-refractivity contribution in [2.75, 3.05) is 17.2 Å². The molecule has 0 aliphatic rings. The first-order valence-corrected chi connectivity index (χ1v) is 7.32. The van der Waals surface area contributed by atoms with Crippen LogP contribution in [0.1, 0.15) is 18.1 Å². The first kappa shape index (κ1) is 15.0. The third kappa shape index (κ3) is 3.38. The van der Waals surface area contributed by atoms with Crippen LogP contribution < -0.4 is 10.6 Å². The van der Waals surface area contributed by atoms with Crippen LogP contribution in [-0.2, 0) is 6.54 Å². The zero-order valence-electron chi connectivity index (χ0n) is 11.7. The van der Waals surface area contributed by atoms with E-state index in [2.05, 4.69) is 43.0 Å². The van der Waals surface area contributed by atoms with E-state index in [-0.39, 0.29) is 0 Å². The van der Waals surface area contributed by atoms with Gasteiger partial charge in [0.1, 0.15) is 0 Å². The average molecular weight is 309 g/mol. The number of rotatable bonds is 4. The van der Waals surface area contributed by atoms with Crippen molar-refractivity contribution >= 4 is 34.6 Å². The molecule has 4 heteroatoms. The van der Waals surface area contributed by atoms with Gasteiger partial charge in [-0.3, -0.25) is 0 Å². The third-order valence-electron chi connectivity index (χ3n) is 3.29. The maximum atomic E-state index is 6.08. The van der Waals surface area contributed by atoms with Crippen molar-refractivity contribution in [3.05, 3.63) is 57.6 Å². The van der Waals surface area contributed by atoms with Crippen molar-refractivity contribution in [2.24, 2.45) is 0 Å². The number of nitrogen functional groups attached to an aromatic ring is 1. The van der Waals surface area contributed by atoms with Crippen molar-refractivity contribution in [1.82, 2.24) is 0 Å². The number of nitrogens with zero attached hydrogens (tertiary/aromatic N) is 1. The summed E-state index contributed by atoms with van der Waals surface area (Å²) in [6.45, 7) is 5.86. The van der Waals surface area contributed by atoms with Crippen LogP contribution in [0.4, 0.5) is 11.4 Å². The number of hydrogen-bond acceptors (Lipinski definition) is 2. The molecule has 106 valence electrons. The molecule has 0 saturated heterocycles. The Hall–Kier alpha value is -1.38. The summed E-state index contributed by atoms with van der Waals surface area (Å²) in [5, 5.41) is 1.01. The Morgan fingerprint density at radius 3 is 2.10 bits per heavy atom. The minimum Gasteiger partial charge on any atom is -0.396 e. The van der Waals surface area contributed by atoms with Crippen molar-refractivity contribution in [3.63, 3.8) is 0 Å². The molecular weight excluding hydrogens is 291 g/mol. The fourth-order valence-corrected chi connectivity index (χ4v) is 2.62. The Balaban J connectivity index is 2.24. The molecule has 0 spiro atoms. The van der Waals surface area contributed by atoms with Crippen LogP contribution in [0.15, 0.2) is 36.4 Å². The van der Waals surface area contributed by atoms with Crippen LogP contribution in [0, 0.1) is 6.92 Å². The van der Waals surface area contributed by atoms with E-state index in [0.717, 1.165) is 18.7 Å². The van der Waals surface area contributed by atoms with Gasteiger partial charge in [0, 0.05) is 18.8 Å². The molecule has 0 unspecified atom stereocenters. The van der Waals surface area contributed by atoms with Crippen LogP contribution in [0.3, 0.4) is 0 Å². The van der Waals surface area contributed by atoms with Crippen molar-refractivity contribution in [3.8, 4) is 0 Å². The zero-order valence-corrected chi connectivity index (χ0v) is 13.2. The third-order valence-corrected chi connectivity index (χ3v) is 3.92. The van der Waals surface area contributed by atoms with Crippen molar-refractivity contribution in [1.29, 1.82) is 0 Å². The van der Waals surface area contributed by atoms with Gasteiger partial charge in [0.25, 0.3) is 0 Å². The van der Waals surface area contributed by atoms with Gasteiger partial charge in [-0.05, 0) is 43.7 Å². The Morgan fingerprint density at radius 1 is 1.05 bits per heavy atom. The molecule has 20 heavy (non-hydrogen) atoms. The molecule has 2 aromatic carbocycles. The van der Waals surface area contributed by atoms with Gasteiger partial charge in [-0.2, -0.15) is 0 Å². The highest BCUT2D eigenvalue weighted by molar-refractivity contribution is 6.38. The summed E-state index contributed by atoms with van der Waals surface area (Å²) < 4.78 is 0. The molecule has 2 N–H and O–H groups in total. The maximum Gasteiger partial charge on any atom is 0.0693 e. The van der Waals surface area contributed by atoms with Gasteiger partial charge in [0.15, 0.2) is 0 Å². The van der Waals surface area contributed by atoms with Crippen molar-refractivity contribution < 1.29 is 0 Å². The molecule has 0 heterocycles. The Labute approximate surface area is 130 Å². The van der Waals surface area contributed by atoms with E-state index in [4.69, 9.17) is 28.9 Å². The lowest BCUT2D eigenvalue weighted by molar-refractivity contribution is 0.832. The first-order chi connectivity index (χ1) is 9.51. The topological polar surface area (TPSA) is 29.3 Å². The standard InChI is InChI=1S/C16H18Cl2N2/c1-3-20(13-6-4-11(2)5-7-13)10-12-8-14(17)16(19)15(18)9-12/h4-9H,3,10,19H2,1-2H3. The quantitative estimate of drug-likeness (QED) is 0.813. The van der Waals surface area contributed by atoms with Gasteiger partial charge in [0.2, 0.25) is 0 Å². The molecule has 0 amide bonds. The fourth-order valence-electron chi connectivity index (χ4n) is 2.09. The first-order valence-electron chi connectivity index (χ1n) is 6.56. The van der Waals surface area contributed by atoms with Crippen LogP contribution in [-0.4, -0.2) is 6.54 Å². The Kier molecular flexibility index (Phi) is 4.79. The van der Waals surface area contributed by atoms with Crippen molar-refractivity contribution in [2.45, 2.75) is 20.4 Å². The van der Waals surface area contributed by atoms with Gasteiger partial charge in [-0.15, -0.1) is 0 Å². The van der Waals surface area contributed by atoms with E-state index in [0.29, 0.717) is 15.7 Å². The van der Waals surface area contributed by atoms with E-state index in [9.17, 15) is 0 Å². The highest BCUT2D eigenvalue weighted by Gasteiger charge is 2.09. The van der Waals surface area contributed by atoms with E-state index in [1.54, 1.807) is 0 Å². The Morgan fingerprint density at radius 2 is 1.60 bits per heavy atom. The largest absolute Gasteiger partial charge is 0.396 e. The monoisotopic (exact) mass is 308 g/mol. The lowest BCUT2D eigenvalue weighted by Gasteiger charge is -2.24. The SMILES string of the molecule is CCN(Cc1cc(Cl)c(N)c(Cl)c1)c1ccc(C)cc1. The molecule has 2 rings (SSSR count). The molecule has 0 fully saturated rings. The van der Waals surface area contributed by atoms with Gasteiger partial charge in [0.05, 0.1) is 15.7 Å². The molecule has 0 aliphatic carbocycles. The highest BCUT2D eigenvalue weighted by atomic mass is 35.5. The summed E-state index contributed by atoms with van der Waals surface area (Å²) in [4.78, 5) is 2.26. The van der Waals surface area contributed by atoms with Gasteiger partial charge < -0.3 is 10.6 Å². The number of nitrogens with two attached hydrogens (primary N) is 1. The molecule has 0 aromatic heterocycles. The summed E-state index contributed by atoms with van der Waals surface area (Å²) in [6, 6.07) is 12.2. The summed E-state index contributed by atoms with van der Waals surface area (Å²) >= 11 is 12.2. The lowest BCUT2D eigenvalue weighted by Crippen LogP contribution is -2.21. The van der Waals surface area contributed by atoms with E-state index in [1.165, 1.54) is 11.3 Å². The molecule has 2 aromatic rings. The van der Waals surface area contributed by atoms with Gasteiger partial charge in [-0.25, -0.2) is 0 Å². The molecule has 0 atom stereocenters. The zero-order chi connectivity index (χ0) is 14.7. The second-order valence-corrected chi connectivity index (χ2v) is 5.64. The van der Waals surface area contributed by atoms with Crippen LogP contribution in [0.2, 0.25) is 10.0 Å². The van der Waals surface area contributed by atoms with Gasteiger partial charge in [-0.1, -0.05) is 40.9 Å². The lowest BCUT2D eigenvalue weighted by atomic mass is 10.1. The summed E-state index contributed by atoms with van der Waals surface area (Å²) in [5.74, 6) is 0. The van der Waals surface area contributed by atoms with E-state index >= 15 is 0 Å².